The summed E-state index contributed by atoms with van der Waals surface area (Å²) in [6.45, 7) is 1.58. The van der Waals surface area contributed by atoms with E-state index in [4.69, 9.17) is 21.1 Å². The molecule has 0 aromatic heterocycles. The molecule has 8 nitrogen and oxygen atoms in total. The van der Waals surface area contributed by atoms with Gasteiger partial charge in [-0.05, 0) is 49.4 Å². The number of nitrogens with one attached hydrogen (secondary N) is 1. The molecule has 0 amide bonds. The fourth-order valence-corrected chi connectivity index (χ4v) is 3.45. The van der Waals surface area contributed by atoms with Gasteiger partial charge in [0.2, 0.25) is 0 Å². The SMILES string of the molecule is CCOC(=O)c1ccc(NS(=O)(=O)c2ccc(OCC(=O)OC)c(Cl)c2)cc1. The number of rotatable bonds is 8. The first kappa shape index (κ1) is 21.5. The van der Waals surface area contributed by atoms with Crippen molar-refractivity contribution in [1.29, 1.82) is 0 Å². The summed E-state index contributed by atoms with van der Waals surface area (Å²) in [5.41, 5.74) is 0.565. The molecule has 0 saturated heterocycles. The molecule has 0 heterocycles. The van der Waals surface area contributed by atoms with Gasteiger partial charge in [0.15, 0.2) is 6.61 Å². The fraction of sp³-hybridized carbons (Fsp3) is 0.222. The monoisotopic (exact) mass is 427 g/mol. The highest BCUT2D eigenvalue weighted by Gasteiger charge is 2.17. The van der Waals surface area contributed by atoms with E-state index in [9.17, 15) is 18.0 Å². The number of sulfonamides is 1. The van der Waals surface area contributed by atoms with Crippen molar-refractivity contribution in [1.82, 2.24) is 0 Å². The number of esters is 2. The number of carbonyl (C=O) groups excluding carboxylic acids is 2. The van der Waals surface area contributed by atoms with E-state index in [0.29, 0.717) is 5.56 Å². The van der Waals surface area contributed by atoms with Crippen LogP contribution < -0.4 is 9.46 Å². The lowest BCUT2D eigenvalue weighted by Gasteiger charge is -2.11. The molecule has 0 aliphatic heterocycles. The second-order valence-electron chi connectivity index (χ2n) is 5.36. The fourth-order valence-electron chi connectivity index (χ4n) is 2.06. The van der Waals surface area contributed by atoms with E-state index in [1.54, 1.807) is 6.92 Å². The predicted octanol–water partition coefficient (Wildman–Crippen LogP) is 2.87. The van der Waals surface area contributed by atoms with Gasteiger partial charge in [-0.2, -0.15) is 0 Å². The zero-order chi connectivity index (χ0) is 20.7. The van der Waals surface area contributed by atoms with E-state index >= 15 is 0 Å². The van der Waals surface area contributed by atoms with Crippen molar-refractivity contribution in [2.75, 3.05) is 25.0 Å². The van der Waals surface area contributed by atoms with Crippen molar-refractivity contribution in [2.24, 2.45) is 0 Å². The Morgan fingerprint density at radius 3 is 2.36 bits per heavy atom. The first-order chi connectivity index (χ1) is 13.3. The Bertz CT molecular complexity index is 958. The molecule has 0 fully saturated rings. The second kappa shape index (κ2) is 9.43. The Morgan fingerprint density at radius 1 is 1.11 bits per heavy atom. The molecule has 0 unspecified atom stereocenters. The maximum absolute atomic E-state index is 12.5. The van der Waals surface area contributed by atoms with E-state index in [0.717, 1.165) is 0 Å². The first-order valence-corrected chi connectivity index (χ1v) is 9.92. The molecule has 0 bridgehead atoms. The standard InChI is InChI=1S/C18H18ClNO7S/c1-3-26-18(22)12-4-6-13(7-5-12)20-28(23,24)14-8-9-16(15(19)10-14)27-11-17(21)25-2/h4-10,20H,3,11H2,1-2H3. The number of methoxy groups -OCH3 is 1. The smallest absolute Gasteiger partial charge is 0.343 e. The lowest BCUT2D eigenvalue weighted by atomic mass is 10.2. The first-order valence-electron chi connectivity index (χ1n) is 8.06. The van der Waals surface area contributed by atoms with Gasteiger partial charge in [0.05, 0.1) is 29.2 Å². The van der Waals surface area contributed by atoms with E-state index in [1.807, 2.05) is 0 Å². The molecule has 150 valence electrons. The number of hydrogen-bond donors (Lipinski definition) is 1. The number of ether oxygens (including phenoxy) is 3. The van der Waals surface area contributed by atoms with Crippen molar-refractivity contribution in [3.05, 3.63) is 53.1 Å². The summed E-state index contributed by atoms with van der Waals surface area (Å²) in [5.74, 6) is -0.947. The summed E-state index contributed by atoms with van der Waals surface area (Å²) in [7, 11) is -2.71. The summed E-state index contributed by atoms with van der Waals surface area (Å²) in [4.78, 5) is 22.6. The zero-order valence-corrected chi connectivity index (χ0v) is 16.7. The van der Waals surface area contributed by atoms with Crippen LogP contribution in [0.1, 0.15) is 17.3 Å². The van der Waals surface area contributed by atoms with Gasteiger partial charge in [-0.1, -0.05) is 11.6 Å². The van der Waals surface area contributed by atoms with Crippen molar-refractivity contribution < 1.29 is 32.2 Å². The third-order valence-corrected chi connectivity index (χ3v) is 5.11. The third kappa shape index (κ3) is 5.61. The van der Waals surface area contributed by atoms with Gasteiger partial charge in [-0.15, -0.1) is 0 Å². The van der Waals surface area contributed by atoms with Crippen LogP contribution in [0.2, 0.25) is 5.02 Å². The zero-order valence-electron chi connectivity index (χ0n) is 15.1. The molecule has 0 atom stereocenters. The van der Waals surface area contributed by atoms with E-state index in [-0.39, 0.29) is 34.6 Å². The molecular formula is C18H18ClNO7S. The molecule has 0 aliphatic rings. The van der Waals surface area contributed by atoms with Gasteiger partial charge in [0, 0.05) is 5.69 Å². The van der Waals surface area contributed by atoms with Gasteiger partial charge in [-0.25, -0.2) is 18.0 Å². The number of benzene rings is 2. The Kier molecular flexibility index (Phi) is 7.24. The van der Waals surface area contributed by atoms with Gasteiger partial charge in [-0.3, -0.25) is 4.72 Å². The Labute approximate surface area is 167 Å². The Balaban J connectivity index is 2.13. The summed E-state index contributed by atoms with van der Waals surface area (Å²) < 4.78 is 41.9. The highest BCUT2D eigenvalue weighted by atomic mass is 35.5. The molecule has 2 aromatic carbocycles. The van der Waals surface area contributed by atoms with Crippen LogP contribution in [0.15, 0.2) is 47.4 Å². The van der Waals surface area contributed by atoms with Crippen LogP contribution in [-0.2, 0) is 24.3 Å². The van der Waals surface area contributed by atoms with Gasteiger partial charge >= 0.3 is 11.9 Å². The second-order valence-corrected chi connectivity index (χ2v) is 7.45. The largest absolute Gasteiger partial charge is 0.480 e. The minimum atomic E-state index is -3.93. The van der Waals surface area contributed by atoms with Crippen LogP contribution in [0.25, 0.3) is 0 Å². The lowest BCUT2D eigenvalue weighted by Crippen LogP contribution is -2.14. The van der Waals surface area contributed by atoms with Crippen LogP contribution in [0.4, 0.5) is 5.69 Å². The van der Waals surface area contributed by atoms with E-state index in [1.165, 1.54) is 49.6 Å². The Morgan fingerprint density at radius 2 is 1.79 bits per heavy atom. The summed E-state index contributed by atoms with van der Waals surface area (Å²) in [6.07, 6.45) is 0. The van der Waals surface area contributed by atoms with Crippen molar-refractivity contribution in [2.45, 2.75) is 11.8 Å². The molecule has 1 N–H and O–H groups in total. The topological polar surface area (TPSA) is 108 Å². The van der Waals surface area contributed by atoms with Crippen LogP contribution in [0.5, 0.6) is 5.75 Å². The minimum Gasteiger partial charge on any atom is -0.480 e. The van der Waals surface area contributed by atoms with Gasteiger partial charge in [0.25, 0.3) is 10.0 Å². The third-order valence-electron chi connectivity index (χ3n) is 3.44. The van der Waals surface area contributed by atoms with Crippen molar-refractivity contribution >= 4 is 39.3 Å². The number of anilines is 1. The molecule has 0 spiro atoms. The van der Waals surface area contributed by atoms with Crippen LogP contribution in [0, 0.1) is 0 Å². The van der Waals surface area contributed by atoms with Gasteiger partial charge < -0.3 is 14.2 Å². The summed E-state index contributed by atoms with van der Waals surface area (Å²) >= 11 is 6.03. The average molecular weight is 428 g/mol. The maximum Gasteiger partial charge on any atom is 0.343 e. The number of hydrogen-bond acceptors (Lipinski definition) is 7. The van der Waals surface area contributed by atoms with Crippen molar-refractivity contribution in [3.63, 3.8) is 0 Å². The quantitative estimate of drug-likeness (QED) is 0.645. The highest BCUT2D eigenvalue weighted by molar-refractivity contribution is 7.92. The van der Waals surface area contributed by atoms with Gasteiger partial charge in [0.1, 0.15) is 5.75 Å². The molecule has 10 heteroatoms. The average Bonchev–Trinajstić information content (AvgIpc) is 2.67. The molecule has 2 rings (SSSR count). The predicted molar refractivity (Wildman–Crippen MR) is 102 cm³/mol. The molecule has 0 radical (unpaired) electrons. The van der Waals surface area contributed by atoms with E-state index in [2.05, 4.69) is 9.46 Å². The minimum absolute atomic E-state index is 0.0180. The van der Waals surface area contributed by atoms with Crippen molar-refractivity contribution in [3.8, 4) is 5.75 Å². The molecule has 0 aliphatic carbocycles. The molecule has 28 heavy (non-hydrogen) atoms. The molecule has 2 aromatic rings. The normalized spacial score (nSPS) is 10.8. The molecule has 0 saturated carbocycles. The highest BCUT2D eigenvalue weighted by Crippen LogP contribution is 2.28. The maximum atomic E-state index is 12.5. The van der Waals surface area contributed by atoms with Crippen LogP contribution >= 0.6 is 11.6 Å². The summed E-state index contributed by atoms with van der Waals surface area (Å²) in [5, 5.41) is 0.0180. The number of halogens is 1. The van der Waals surface area contributed by atoms with Crippen LogP contribution in [-0.4, -0.2) is 40.7 Å². The van der Waals surface area contributed by atoms with Crippen LogP contribution in [0.3, 0.4) is 0 Å². The number of carbonyl (C=O) groups is 2. The molecular weight excluding hydrogens is 410 g/mol. The lowest BCUT2D eigenvalue weighted by molar-refractivity contribution is -0.142. The van der Waals surface area contributed by atoms with E-state index < -0.39 is 22.0 Å². The Hall–Kier alpha value is -2.78. The summed E-state index contributed by atoms with van der Waals surface area (Å²) in [6, 6.07) is 9.61.